The SMILES string of the molecule is COc1ccc(-c2ccnc(N[C@H]3CO[C@H]4[C@H]3OC[C@@H]4OC(=O)Nc3cccc(C(C)=O)c3)n2)cc1. The molecule has 10 heteroatoms. The number of nitrogens with zero attached hydrogens (tertiary/aromatic N) is 2. The van der Waals surface area contributed by atoms with Crippen LogP contribution in [0.15, 0.2) is 60.8 Å². The van der Waals surface area contributed by atoms with E-state index in [4.69, 9.17) is 18.9 Å². The molecule has 2 aromatic carbocycles. The second-order valence-corrected chi connectivity index (χ2v) is 8.55. The molecule has 3 aromatic rings. The number of nitrogens with one attached hydrogen (secondary N) is 2. The van der Waals surface area contributed by atoms with Gasteiger partial charge >= 0.3 is 6.09 Å². The number of rotatable bonds is 7. The van der Waals surface area contributed by atoms with E-state index in [-0.39, 0.29) is 24.5 Å². The number of aromatic nitrogens is 2. The molecule has 2 saturated heterocycles. The van der Waals surface area contributed by atoms with Gasteiger partial charge in [-0.25, -0.2) is 14.8 Å². The number of benzene rings is 2. The van der Waals surface area contributed by atoms with Gasteiger partial charge < -0.3 is 24.3 Å². The van der Waals surface area contributed by atoms with E-state index in [0.717, 1.165) is 17.0 Å². The fraction of sp³-hybridized carbons (Fsp3) is 0.308. The van der Waals surface area contributed by atoms with Gasteiger partial charge in [0.05, 0.1) is 32.1 Å². The molecular formula is C26H26N4O6. The first kappa shape index (κ1) is 23.7. The summed E-state index contributed by atoms with van der Waals surface area (Å²) in [5, 5.41) is 5.95. The molecule has 0 radical (unpaired) electrons. The summed E-state index contributed by atoms with van der Waals surface area (Å²) in [5.41, 5.74) is 2.68. The minimum atomic E-state index is -0.638. The highest BCUT2D eigenvalue weighted by Crippen LogP contribution is 2.31. The molecule has 5 rings (SSSR count). The Balaban J connectivity index is 1.19. The standard InChI is InChI=1S/C26H26N4O6/c1-15(31)17-4-3-5-18(12-17)28-26(32)36-22-14-35-23-21(13-34-24(22)23)30-25-27-11-10-20(29-25)16-6-8-19(33-2)9-7-16/h3-12,21-24H,13-14H2,1-2H3,(H,28,32)(H,27,29,30)/t21-,22-,23-,24+/m0/s1. The van der Waals surface area contributed by atoms with E-state index in [9.17, 15) is 9.59 Å². The van der Waals surface area contributed by atoms with E-state index in [0.29, 0.717) is 23.8 Å². The summed E-state index contributed by atoms with van der Waals surface area (Å²) in [6, 6.07) is 15.9. The number of ketones is 1. The normalized spacial score (nSPS) is 22.5. The molecule has 1 aromatic heterocycles. The van der Waals surface area contributed by atoms with Gasteiger partial charge in [0.15, 0.2) is 11.9 Å². The van der Waals surface area contributed by atoms with Crippen molar-refractivity contribution >= 4 is 23.5 Å². The first-order chi connectivity index (χ1) is 17.5. The Labute approximate surface area is 207 Å². The monoisotopic (exact) mass is 490 g/mol. The van der Waals surface area contributed by atoms with Crippen LogP contribution in [0.25, 0.3) is 11.3 Å². The van der Waals surface area contributed by atoms with E-state index in [2.05, 4.69) is 20.6 Å². The lowest BCUT2D eigenvalue weighted by Gasteiger charge is -2.18. The van der Waals surface area contributed by atoms with Crippen LogP contribution in [-0.2, 0) is 14.2 Å². The molecule has 36 heavy (non-hydrogen) atoms. The Kier molecular flexibility index (Phi) is 6.79. The van der Waals surface area contributed by atoms with Crippen molar-refractivity contribution < 1.29 is 28.5 Å². The molecule has 0 bridgehead atoms. The number of methoxy groups -OCH3 is 1. The van der Waals surface area contributed by atoms with Crippen LogP contribution in [0.5, 0.6) is 5.75 Å². The zero-order chi connectivity index (χ0) is 25.1. The molecular weight excluding hydrogens is 464 g/mol. The smallest absolute Gasteiger partial charge is 0.412 e. The van der Waals surface area contributed by atoms with Crippen molar-refractivity contribution in [2.75, 3.05) is 31.0 Å². The van der Waals surface area contributed by atoms with Crippen LogP contribution in [-0.4, -0.2) is 66.5 Å². The van der Waals surface area contributed by atoms with Crippen LogP contribution in [0.3, 0.4) is 0 Å². The molecule has 0 aliphatic carbocycles. The largest absolute Gasteiger partial charge is 0.497 e. The Morgan fingerprint density at radius 1 is 1.03 bits per heavy atom. The molecule has 4 atom stereocenters. The predicted molar refractivity (Wildman–Crippen MR) is 131 cm³/mol. The minimum Gasteiger partial charge on any atom is -0.497 e. The van der Waals surface area contributed by atoms with Crippen LogP contribution in [0.2, 0.25) is 0 Å². The van der Waals surface area contributed by atoms with Gasteiger partial charge in [-0.15, -0.1) is 0 Å². The number of carbonyl (C=O) groups is 2. The molecule has 0 saturated carbocycles. The topological polar surface area (TPSA) is 121 Å². The molecule has 0 unspecified atom stereocenters. The van der Waals surface area contributed by atoms with Gasteiger partial charge in [-0.1, -0.05) is 12.1 Å². The van der Waals surface area contributed by atoms with Crippen LogP contribution in [0.4, 0.5) is 16.4 Å². The zero-order valence-electron chi connectivity index (χ0n) is 19.8. The summed E-state index contributed by atoms with van der Waals surface area (Å²) < 4.78 is 22.6. The van der Waals surface area contributed by atoms with E-state index >= 15 is 0 Å². The van der Waals surface area contributed by atoms with Gasteiger partial charge in [-0.05, 0) is 49.4 Å². The lowest BCUT2D eigenvalue weighted by Crippen LogP contribution is -2.38. The van der Waals surface area contributed by atoms with Crippen molar-refractivity contribution in [1.82, 2.24) is 9.97 Å². The van der Waals surface area contributed by atoms with Crippen LogP contribution in [0, 0.1) is 0 Å². The van der Waals surface area contributed by atoms with Crippen molar-refractivity contribution in [2.45, 2.75) is 31.3 Å². The average Bonchev–Trinajstić information content (AvgIpc) is 3.47. The average molecular weight is 491 g/mol. The Morgan fingerprint density at radius 2 is 1.83 bits per heavy atom. The van der Waals surface area contributed by atoms with E-state index in [1.165, 1.54) is 6.92 Å². The van der Waals surface area contributed by atoms with Gasteiger partial charge in [-0.2, -0.15) is 0 Å². The third-order valence-electron chi connectivity index (χ3n) is 6.14. The predicted octanol–water partition coefficient (Wildman–Crippen LogP) is 3.55. The molecule has 1 amide bonds. The number of Topliss-reactive ketones (excluding diaryl/α,β-unsaturated/α-hetero) is 1. The summed E-state index contributed by atoms with van der Waals surface area (Å²) in [4.78, 5) is 33.0. The molecule has 0 spiro atoms. The van der Waals surface area contributed by atoms with Crippen molar-refractivity contribution in [2.24, 2.45) is 0 Å². The number of amides is 1. The number of hydrogen-bond acceptors (Lipinski definition) is 9. The lowest BCUT2D eigenvalue weighted by molar-refractivity contribution is 0.00916. The first-order valence-electron chi connectivity index (χ1n) is 11.6. The Bertz CT molecular complexity index is 1250. The molecule has 2 N–H and O–H groups in total. The summed E-state index contributed by atoms with van der Waals surface area (Å²) in [7, 11) is 1.63. The molecule has 10 nitrogen and oxygen atoms in total. The third-order valence-corrected chi connectivity index (χ3v) is 6.14. The summed E-state index contributed by atoms with van der Waals surface area (Å²) in [5.74, 6) is 1.14. The van der Waals surface area contributed by atoms with Crippen LogP contribution >= 0.6 is 0 Å². The van der Waals surface area contributed by atoms with Gasteiger partial charge in [-0.3, -0.25) is 10.1 Å². The summed E-state index contributed by atoms with van der Waals surface area (Å²) in [6.45, 7) is 2.03. The van der Waals surface area contributed by atoms with E-state index in [1.807, 2.05) is 30.3 Å². The van der Waals surface area contributed by atoms with Crippen molar-refractivity contribution in [3.8, 4) is 17.0 Å². The lowest BCUT2D eigenvalue weighted by atomic mass is 10.1. The zero-order valence-corrected chi connectivity index (χ0v) is 19.8. The Hall–Kier alpha value is -4.02. The van der Waals surface area contributed by atoms with Crippen molar-refractivity contribution in [3.05, 3.63) is 66.4 Å². The van der Waals surface area contributed by atoms with Crippen LogP contribution in [0.1, 0.15) is 17.3 Å². The van der Waals surface area contributed by atoms with E-state index in [1.54, 1.807) is 37.6 Å². The fourth-order valence-corrected chi connectivity index (χ4v) is 4.31. The second-order valence-electron chi connectivity index (χ2n) is 8.55. The molecule has 2 fully saturated rings. The molecule has 2 aliphatic heterocycles. The van der Waals surface area contributed by atoms with Crippen LogP contribution < -0.4 is 15.4 Å². The molecule has 2 aliphatic rings. The highest BCUT2D eigenvalue weighted by molar-refractivity contribution is 5.96. The van der Waals surface area contributed by atoms with Gasteiger partial charge in [0.1, 0.15) is 18.0 Å². The first-order valence-corrected chi connectivity index (χ1v) is 11.6. The summed E-state index contributed by atoms with van der Waals surface area (Å²) in [6.07, 6.45) is -0.252. The highest BCUT2D eigenvalue weighted by Gasteiger charge is 2.49. The Morgan fingerprint density at radius 3 is 2.61 bits per heavy atom. The van der Waals surface area contributed by atoms with E-state index < -0.39 is 18.3 Å². The number of fused-ring (bicyclic) bond motifs is 1. The number of hydrogen-bond donors (Lipinski definition) is 2. The molecule has 186 valence electrons. The number of ether oxygens (including phenoxy) is 4. The minimum absolute atomic E-state index is 0.0875. The summed E-state index contributed by atoms with van der Waals surface area (Å²) >= 11 is 0. The fourth-order valence-electron chi connectivity index (χ4n) is 4.31. The van der Waals surface area contributed by atoms with Crippen molar-refractivity contribution in [1.29, 1.82) is 0 Å². The van der Waals surface area contributed by atoms with Gasteiger partial charge in [0.2, 0.25) is 5.95 Å². The maximum atomic E-state index is 12.5. The number of anilines is 2. The third kappa shape index (κ3) is 5.14. The second kappa shape index (κ2) is 10.3. The van der Waals surface area contributed by atoms with Crippen molar-refractivity contribution in [3.63, 3.8) is 0 Å². The number of carbonyl (C=O) groups excluding carboxylic acids is 2. The highest BCUT2D eigenvalue weighted by atomic mass is 16.6. The van der Waals surface area contributed by atoms with Gasteiger partial charge in [0.25, 0.3) is 0 Å². The molecule has 3 heterocycles. The van der Waals surface area contributed by atoms with Gasteiger partial charge in [0, 0.05) is 23.0 Å². The maximum absolute atomic E-state index is 12.5. The quantitative estimate of drug-likeness (QED) is 0.479. The maximum Gasteiger partial charge on any atom is 0.412 e.